The molecule has 0 fully saturated rings. The summed E-state index contributed by atoms with van der Waals surface area (Å²) in [7, 11) is -3.43. The fourth-order valence-corrected chi connectivity index (χ4v) is 3.93. The molecule has 2 aromatic rings. The Morgan fingerprint density at radius 3 is 2.40 bits per heavy atom. The van der Waals surface area contributed by atoms with Gasteiger partial charge in [0.05, 0.1) is 5.75 Å². The van der Waals surface area contributed by atoms with Crippen molar-refractivity contribution in [3.8, 4) is 0 Å². The van der Waals surface area contributed by atoms with Gasteiger partial charge in [-0.25, -0.2) is 13.1 Å². The molecule has 0 heterocycles. The maximum absolute atomic E-state index is 12.2. The van der Waals surface area contributed by atoms with Crippen LogP contribution in [-0.4, -0.2) is 20.4 Å². The Hall–Kier alpha value is -2.38. The maximum Gasteiger partial charge on any atom is 0.251 e. The van der Waals surface area contributed by atoms with Gasteiger partial charge in [-0.2, -0.15) is 0 Å². The van der Waals surface area contributed by atoms with E-state index in [1.54, 1.807) is 56.3 Å². The van der Waals surface area contributed by atoms with Gasteiger partial charge in [0, 0.05) is 23.8 Å². The Labute approximate surface area is 148 Å². The summed E-state index contributed by atoms with van der Waals surface area (Å²) in [5, 5.41) is 2.80. The molecule has 134 valence electrons. The van der Waals surface area contributed by atoms with Gasteiger partial charge in [0.2, 0.25) is 10.0 Å². The van der Waals surface area contributed by atoms with E-state index in [1.165, 1.54) is 0 Å². The third-order valence-corrected chi connectivity index (χ3v) is 4.99. The van der Waals surface area contributed by atoms with Gasteiger partial charge in [-0.1, -0.05) is 30.3 Å². The minimum absolute atomic E-state index is 0.129. The van der Waals surface area contributed by atoms with Crippen LogP contribution in [0.25, 0.3) is 0 Å². The summed E-state index contributed by atoms with van der Waals surface area (Å²) in [6.45, 7) is 3.78. The predicted molar refractivity (Wildman–Crippen MR) is 99.4 cm³/mol. The summed E-state index contributed by atoms with van der Waals surface area (Å²) in [4.78, 5) is 12.2. The Morgan fingerprint density at radius 1 is 1.08 bits per heavy atom. The van der Waals surface area contributed by atoms with Crippen LogP contribution >= 0.6 is 0 Å². The molecule has 0 unspecified atom stereocenters. The van der Waals surface area contributed by atoms with Crippen molar-refractivity contribution in [3.63, 3.8) is 0 Å². The number of carbonyl (C=O) groups excluding carboxylic acids is 1. The number of nitrogens with one attached hydrogen (secondary N) is 2. The van der Waals surface area contributed by atoms with Gasteiger partial charge in [0.15, 0.2) is 0 Å². The quantitative estimate of drug-likeness (QED) is 0.657. The van der Waals surface area contributed by atoms with Crippen LogP contribution in [0.5, 0.6) is 0 Å². The van der Waals surface area contributed by atoms with Crippen LogP contribution in [0, 0.1) is 0 Å². The molecule has 1 amide bonds. The summed E-state index contributed by atoms with van der Waals surface area (Å²) in [5.41, 5.74) is 8.07. The lowest BCUT2D eigenvalue weighted by atomic mass is 10.1. The average molecular weight is 361 g/mol. The second kappa shape index (κ2) is 8.13. The molecule has 4 N–H and O–H groups in total. The average Bonchev–Trinajstić information content (AvgIpc) is 2.52. The number of nitrogens with two attached hydrogens (primary N) is 1. The van der Waals surface area contributed by atoms with Crippen molar-refractivity contribution in [3.05, 3.63) is 65.2 Å². The zero-order chi connectivity index (χ0) is 18.4. The summed E-state index contributed by atoms with van der Waals surface area (Å²) >= 11 is 0. The standard InChI is InChI=1S/C18H23N3O3S/c1-13(2)21-25(23,24)12-16-7-4-3-6-15(16)11-20-18(22)14-8-5-9-17(19)10-14/h3-10,13,21H,11-12,19H2,1-2H3,(H,20,22). The zero-order valence-electron chi connectivity index (χ0n) is 14.3. The van der Waals surface area contributed by atoms with Gasteiger partial charge in [-0.3, -0.25) is 4.79 Å². The van der Waals surface area contributed by atoms with Crippen molar-refractivity contribution in [2.45, 2.75) is 32.2 Å². The molecule has 0 aliphatic heterocycles. The van der Waals surface area contributed by atoms with Crippen molar-refractivity contribution in [1.29, 1.82) is 0 Å². The number of sulfonamides is 1. The predicted octanol–water partition coefficient (Wildman–Crippen LogP) is 2.03. The van der Waals surface area contributed by atoms with E-state index in [1.807, 2.05) is 6.07 Å². The molecule has 0 saturated heterocycles. The highest BCUT2D eigenvalue weighted by Gasteiger charge is 2.15. The van der Waals surface area contributed by atoms with Gasteiger partial charge >= 0.3 is 0 Å². The number of amides is 1. The molecular formula is C18H23N3O3S. The van der Waals surface area contributed by atoms with E-state index in [9.17, 15) is 13.2 Å². The van der Waals surface area contributed by atoms with Crippen LogP contribution in [0.15, 0.2) is 48.5 Å². The van der Waals surface area contributed by atoms with Crippen molar-refractivity contribution in [1.82, 2.24) is 10.0 Å². The molecule has 0 saturated carbocycles. The molecule has 0 aliphatic rings. The molecule has 6 nitrogen and oxygen atoms in total. The van der Waals surface area contributed by atoms with Crippen LogP contribution in [-0.2, 0) is 22.3 Å². The highest BCUT2D eigenvalue weighted by molar-refractivity contribution is 7.88. The van der Waals surface area contributed by atoms with Crippen molar-refractivity contribution >= 4 is 21.6 Å². The molecule has 25 heavy (non-hydrogen) atoms. The lowest BCUT2D eigenvalue weighted by molar-refractivity contribution is 0.0951. The Balaban J connectivity index is 2.09. The number of nitrogen functional groups attached to an aromatic ring is 1. The molecular weight excluding hydrogens is 338 g/mol. The van der Waals surface area contributed by atoms with Crippen LogP contribution in [0.3, 0.4) is 0 Å². The lowest BCUT2D eigenvalue weighted by Gasteiger charge is -2.13. The van der Waals surface area contributed by atoms with Gasteiger partial charge in [0.1, 0.15) is 0 Å². The highest BCUT2D eigenvalue weighted by atomic mass is 32.2. The summed E-state index contributed by atoms with van der Waals surface area (Å²) in [6, 6.07) is 13.7. The van der Waals surface area contributed by atoms with E-state index in [2.05, 4.69) is 10.0 Å². The molecule has 7 heteroatoms. The molecule has 0 spiro atoms. The maximum atomic E-state index is 12.2. The number of carbonyl (C=O) groups is 1. The third kappa shape index (κ3) is 5.88. The molecule has 0 aliphatic carbocycles. The monoisotopic (exact) mass is 361 g/mol. The zero-order valence-corrected chi connectivity index (χ0v) is 15.1. The second-order valence-corrected chi connectivity index (χ2v) is 7.86. The number of hydrogen-bond acceptors (Lipinski definition) is 4. The Kier molecular flexibility index (Phi) is 6.17. The topological polar surface area (TPSA) is 101 Å². The van der Waals surface area contributed by atoms with Crippen LogP contribution in [0.2, 0.25) is 0 Å². The number of hydrogen-bond donors (Lipinski definition) is 3. The lowest BCUT2D eigenvalue weighted by Crippen LogP contribution is -2.32. The smallest absolute Gasteiger partial charge is 0.251 e. The van der Waals surface area contributed by atoms with Crippen molar-refractivity contribution in [2.24, 2.45) is 0 Å². The second-order valence-electron chi connectivity index (χ2n) is 6.11. The third-order valence-electron chi connectivity index (χ3n) is 3.47. The number of rotatable bonds is 7. The van der Waals surface area contributed by atoms with E-state index >= 15 is 0 Å². The van der Waals surface area contributed by atoms with Gasteiger partial charge in [-0.15, -0.1) is 0 Å². The number of benzene rings is 2. The van der Waals surface area contributed by atoms with E-state index in [-0.39, 0.29) is 24.2 Å². The molecule has 0 radical (unpaired) electrons. The van der Waals surface area contributed by atoms with Gasteiger partial charge in [-0.05, 0) is 43.2 Å². The SMILES string of the molecule is CC(C)NS(=O)(=O)Cc1ccccc1CNC(=O)c1cccc(N)c1. The molecule has 0 atom stereocenters. The van der Waals surface area contributed by atoms with Gasteiger partial charge in [0.25, 0.3) is 5.91 Å². The van der Waals surface area contributed by atoms with E-state index in [0.717, 1.165) is 5.56 Å². The molecule has 2 aromatic carbocycles. The van der Waals surface area contributed by atoms with Crippen molar-refractivity contribution in [2.75, 3.05) is 5.73 Å². The first kappa shape index (κ1) is 19.0. The van der Waals surface area contributed by atoms with Crippen LogP contribution in [0.4, 0.5) is 5.69 Å². The summed E-state index contributed by atoms with van der Waals surface area (Å²) in [6.07, 6.45) is 0. The Bertz CT molecular complexity index is 848. The molecule has 0 aromatic heterocycles. The highest BCUT2D eigenvalue weighted by Crippen LogP contribution is 2.13. The fraction of sp³-hybridized carbons (Fsp3) is 0.278. The molecule has 0 bridgehead atoms. The first-order valence-corrected chi connectivity index (χ1v) is 9.62. The normalized spacial score (nSPS) is 11.5. The van der Waals surface area contributed by atoms with E-state index in [0.29, 0.717) is 16.8 Å². The van der Waals surface area contributed by atoms with Crippen molar-refractivity contribution < 1.29 is 13.2 Å². The fourth-order valence-electron chi connectivity index (χ4n) is 2.43. The summed E-state index contributed by atoms with van der Waals surface area (Å²) in [5.74, 6) is -0.388. The van der Waals surface area contributed by atoms with Crippen LogP contribution in [0.1, 0.15) is 35.3 Å². The minimum Gasteiger partial charge on any atom is -0.399 e. The Morgan fingerprint density at radius 2 is 1.76 bits per heavy atom. The van der Waals surface area contributed by atoms with Crippen LogP contribution < -0.4 is 15.8 Å². The van der Waals surface area contributed by atoms with E-state index in [4.69, 9.17) is 5.73 Å². The number of anilines is 1. The first-order chi connectivity index (χ1) is 11.8. The van der Waals surface area contributed by atoms with E-state index < -0.39 is 10.0 Å². The molecule has 2 rings (SSSR count). The first-order valence-electron chi connectivity index (χ1n) is 7.97. The summed E-state index contributed by atoms with van der Waals surface area (Å²) < 4.78 is 26.9. The van der Waals surface area contributed by atoms with Gasteiger partial charge < -0.3 is 11.1 Å². The largest absolute Gasteiger partial charge is 0.399 e. The minimum atomic E-state index is -3.43.